The van der Waals surface area contributed by atoms with Crippen LogP contribution in [-0.2, 0) is 0 Å². The van der Waals surface area contributed by atoms with Gasteiger partial charge in [-0.2, -0.15) is 0 Å². The van der Waals surface area contributed by atoms with Gasteiger partial charge >= 0.3 is 5.97 Å². The van der Waals surface area contributed by atoms with Crippen molar-refractivity contribution in [1.82, 2.24) is 9.97 Å². The average Bonchev–Trinajstić information content (AvgIpc) is 2.31. The smallest absolute Gasteiger partial charge is 0.346 e. The van der Waals surface area contributed by atoms with E-state index in [0.29, 0.717) is 11.3 Å². The number of nitrogens with zero attached hydrogens (tertiary/aromatic N) is 2. The van der Waals surface area contributed by atoms with Crippen molar-refractivity contribution in [1.29, 1.82) is 0 Å². The zero-order valence-corrected chi connectivity index (χ0v) is 7.83. The van der Waals surface area contributed by atoms with Crippen LogP contribution >= 0.6 is 0 Å². The first-order valence-corrected chi connectivity index (χ1v) is 4.38. The lowest BCUT2D eigenvalue weighted by atomic mass is 10.3. The van der Waals surface area contributed by atoms with Crippen LogP contribution in [0.5, 0.6) is 5.75 Å². The maximum atomic E-state index is 11.5. The number of para-hydroxylation sites is 1. The molecule has 0 radical (unpaired) electrons. The molecule has 4 heteroatoms. The van der Waals surface area contributed by atoms with Crippen LogP contribution in [-0.4, -0.2) is 15.9 Å². The highest BCUT2D eigenvalue weighted by Crippen LogP contribution is 2.10. The van der Waals surface area contributed by atoms with Crippen molar-refractivity contribution >= 4 is 5.97 Å². The van der Waals surface area contributed by atoms with Crippen molar-refractivity contribution in [2.24, 2.45) is 0 Å². The normalized spacial score (nSPS) is 9.60. The molecule has 1 aromatic carbocycles. The van der Waals surface area contributed by atoms with E-state index < -0.39 is 5.97 Å². The van der Waals surface area contributed by atoms with Gasteiger partial charge < -0.3 is 4.74 Å². The Kier molecular flexibility index (Phi) is 2.69. The lowest BCUT2D eigenvalue weighted by Crippen LogP contribution is -2.08. The second-order valence-corrected chi connectivity index (χ2v) is 2.83. The standard InChI is InChI=1S/C11H8N2O2/c14-11(9-6-12-8-13-7-9)15-10-4-2-1-3-5-10/h1-8H. The molecular weight excluding hydrogens is 192 g/mol. The second-order valence-electron chi connectivity index (χ2n) is 2.83. The maximum Gasteiger partial charge on any atom is 0.346 e. The first-order valence-electron chi connectivity index (χ1n) is 4.38. The van der Waals surface area contributed by atoms with Gasteiger partial charge in [0, 0.05) is 12.4 Å². The number of esters is 1. The molecular formula is C11H8N2O2. The lowest BCUT2D eigenvalue weighted by molar-refractivity contribution is 0.0734. The number of ether oxygens (including phenoxy) is 1. The minimum absolute atomic E-state index is 0.335. The average molecular weight is 200 g/mol. The summed E-state index contributed by atoms with van der Waals surface area (Å²) in [5.41, 5.74) is 0.335. The summed E-state index contributed by atoms with van der Waals surface area (Å²) in [6.45, 7) is 0. The van der Waals surface area contributed by atoms with Gasteiger partial charge in [0.25, 0.3) is 0 Å². The zero-order chi connectivity index (χ0) is 10.5. The van der Waals surface area contributed by atoms with Crippen LogP contribution < -0.4 is 4.74 Å². The molecule has 0 fully saturated rings. The number of rotatable bonds is 2. The lowest BCUT2D eigenvalue weighted by Gasteiger charge is -2.02. The molecule has 0 aliphatic rings. The Morgan fingerprint density at radius 1 is 1.07 bits per heavy atom. The van der Waals surface area contributed by atoms with Gasteiger partial charge in [0.05, 0.1) is 5.56 Å². The molecule has 2 aromatic rings. The monoisotopic (exact) mass is 200 g/mol. The zero-order valence-electron chi connectivity index (χ0n) is 7.83. The van der Waals surface area contributed by atoms with E-state index in [4.69, 9.17) is 4.74 Å². The third-order valence-corrected chi connectivity index (χ3v) is 1.75. The van der Waals surface area contributed by atoms with Crippen LogP contribution in [0.1, 0.15) is 10.4 Å². The SMILES string of the molecule is O=C(Oc1ccccc1)c1cncnc1. The first kappa shape index (κ1) is 9.33. The van der Waals surface area contributed by atoms with E-state index in [9.17, 15) is 4.79 Å². The molecule has 0 saturated carbocycles. The third kappa shape index (κ3) is 2.37. The molecule has 0 atom stereocenters. The molecule has 0 spiro atoms. The highest BCUT2D eigenvalue weighted by Gasteiger charge is 2.07. The van der Waals surface area contributed by atoms with Gasteiger partial charge in [0.1, 0.15) is 12.1 Å². The van der Waals surface area contributed by atoms with Crippen molar-refractivity contribution in [3.63, 3.8) is 0 Å². The summed E-state index contributed by atoms with van der Waals surface area (Å²) < 4.78 is 5.08. The van der Waals surface area contributed by atoms with E-state index in [1.165, 1.54) is 18.7 Å². The quantitative estimate of drug-likeness (QED) is 0.546. The van der Waals surface area contributed by atoms with Gasteiger partial charge in [-0.05, 0) is 12.1 Å². The Labute approximate surface area is 86.6 Å². The van der Waals surface area contributed by atoms with Crippen LogP contribution in [0.2, 0.25) is 0 Å². The topological polar surface area (TPSA) is 52.1 Å². The molecule has 4 nitrogen and oxygen atoms in total. The van der Waals surface area contributed by atoms with Crippen LogP contribution in [0.25, 0.3) is 0 Å². The summed E-state index contributed by atoms with van der Waals surface area (Å²) in [6.07, 6.45) is 4.19. The van der Waals surface area contributed by atoms with Gasteiger partial charge in [-0.15, -0.1) is 0 Å². The van der Waals surface area contributed by atoms with Crippen molar-refractivity contribution < 1.29 is 9.53 Å². The Balaban J connectivity index is 2.12. The molecule has 0 N–H and O–H groups in total. The fraction of sp³-hybridized carbons (Fsp3) is 0. The summed E-state index contributed by atoms with van der Waals surface area (Å²) in [6, 6.07) is 8.86. The van der Waals surface area contributed by atoms with Crippen LogP contribution in [0, 0.1) is 0 Å². The molecule has 15 heavy (non-hydrogen) atoms. The number of aromatic nitrogens is 2. The third-order valence-electron chi connectivity index (χ3n) is 1.75. The Morgan fingerprint density at radius 2 is 1.73 bits per heavy atom. The van der Waals surface area contributed by atoms with E-state index in [1.54, 1.807) is 24.3 Å². The largest absolute Gasteiger partial charge is 0.423 e. The van der Waals surface area contributed by atoms with Crippen molar-refractivity contribution in [2.75, 3.05) is 0 Å². The predicted octanol–water partition coefficient (Wildman–Crippen LogP) is 1.70. The van der Waals surface area contributed by atoms with E-state index in [0.717, 1.165) is 0 Å². The van der Waals surface area contributed by atoms with Crippen molar-refractivity contribution in [2.45, 2.75) is 0 Å². The summed E-state index contributed by atoms with van der Waals surface area (Å²) in [4.78, 5) is 19.0. The van der Waals surface area contributed by atoms with E-state index >= 15 is 0 Å². The number of benzene rings is 1. The Morgan fingerprint density at radius 3 is 2.40 bits per heavy atom. The molecule has 74 valence electrons. The summed E-state index contributed by atoms with van der Waals surface area (Å²) in [7, 11) is 0. The van der Waals surface area contributed by atoms with Crippen molar-refractivity contribution in [3.8, 4) is 5.75 Å². The van der Waals surface area contributed by atoms with Crippen LogP contribution in [0.4, 0.5) is 0 Å². The van der Waals surface area contributed by atoms with Crippen LogP contribution in [0.3, 0.4) is 0 Å². The van der Waals surface area contributed by atoms with Gasteiger partial charge in [-0.1, -0.05) is 18.2 Å². The van der Waals surface area contributed by atoms with Crippen LogP contribution in [0.15, 0.2) is 49.1 Å². The molecule has 2 rings (SSSR count). The number of carbonyl (C=O) groups excluding carboxylic acids is 1. The molecule has 0 saturated heterocycles. The van der Waals surface area contributed by atoms with Gasteiger partial charge in [-0.3, -0.25) is 0 Å². The fourth-order valence-electron chi connectivity index (χ4n) is 1.06. The minimum Gasteiger partial charge on any atom is -0.423 e. The number of carbonyl (C=O) groups is 1. The van der Waals surface area contributed by atoms with Gasteiger partial charge in [-0.25, -0.2) is 14.8 Å². The summed E-state index contributed by atoms with van der Waals surface area (Å²) >= 11 is 0. The summed E-state index contributed by atoms with van der Waals surface area (Å²) in [5, 5.41) is 0. The Bertz CT molecular complexity index is 443. The number of hydrogen-bond acceptors (Lipinski definition) is 4. The highest BCUT2D eigenvalue weighted by molar-refractivity contribution is 5.90. The van der Waals surface area contributed by atoms with E-state index in [1.807, 2.05) is 6.07 Å². The first-order chi connectivity index (χ1) is 7.36. The predicted molar refractivity (Wildman–Crippen MR) is 53.4 cm³/mol. The molecule has 0 aliphatic carbocycles. The molecule has 0 amide bonds. The maximum absolute atomic E-state index is 11.5. The van der Waals surface area contributed by atoms with E-state index in [2.05, 4.69) is 9.97 Å². The minimum atomic E-state index is -0.457. The summed E-state index contributed by atoms with van der Waals surface area (Å²) in [5.74, 6) is 0.0492. The van der Waals surface area contributed by atoms with Gasteiger partial charge in [0.15, 0.2) is 0 Å². The highest BCUT2D eigenvalue weighted by atomic mass is 16.5. The second kappa shape index (κ2) is 4.32. The van der Waals surface area contributed by atoms with E-state index in [-0.39, 0.29) is 0 Å². The molecule has 0 aliphatic heterocycles. The molecule has 0 bridgehead atoms. The van der Waals surface area contributed by atoms with Crippen molar-refractivity contribution in [3.05, 3.63) is 54.6 Å². The van der Waals surface area contributed by atoms with Gasteiger partial charge in [0.2, 0.25) is 0 Å². The Hall–Kier alpha value is -2.23. The molecule has 0 unspecified atom stereocenters. The molecule has 1 aromatic heterocycles. The number of hydrogen-bond donors (Lipinski definition) is 0. The molecule has 1 heterocycles. The fourth-order valence-corrected chi connectivity index (χ4v) is 1.06.